The van der Waals surface area contributed by atoms with Crippen molar-refractivity contribution in [2.45, 2.75) is 0 Å². The molecule has 1 aromatic heterocycles. The molecule has 0 atom stereocenters. The standard InChI is InChI=1S/C14H15ClN4O/c15-12-1-3-13(4-2-12)19-9-11(8-18-19)14(20)17-7-10-5-16-6-10/h1-4,8-10,16H,5-7H2,(H,17,20). The van der Waals surface area contributed by atoms with Crippen molar-refractivity contribution in [2.24, 2.45) is 5.92 Å². The first-order valence-electron chi connectivity index (χ1n) is 6.52. The third kappa shape index (κ3) is 2.84. The van der Waals surface area contributed by atoms with Crippen LogP contribution in [0.15, 0.2) is 36.7 Å². The molecule has 20 heavy (non-hydrogen) atoms. The van der Waals surface area contributed by atoms with E-state index in [0.29, 0.717) is 23.0 Å². The van der Waals surface area contributed by atoms with Crippen LogP contribution in [-0.4, -0.2) is 35.3 Å². The van der Waals surface area contributed by atoms with Crippen LogP contribution in [0.3, 0.4) is 0 Å². The summed E-state index contributed by atoms with van der Waals surface area (Å²) >= 11 is 5.85. The maximum Gasteiger partial charge on any atom is 0.254 e. The second-order valence-corrected chi connectivity index (χ2v) is 5.32. The van der Waals surface area contributed by atoms with E-state index in [1.54, 1.807) is 29.2 Å². The fourth-order valence-electron chi connectivity index (χ4n) is 2.01. The van der Waals surface area contributed by atoms with Gasteiger partial charge in [0.25, 0.3) is 5.91 Å². The number of nitrogens with zero attached hydrogens (tertiary/aromatic N) is 2. The van der Waals surface area contributed by atoms with Crippen molar-refractivity contribution in [3.8, 4) is 5.69 Å². The number of hydrogen-bond donors (Lipinski definition) is 2. The summed E-state index contributed by atoms with van der Waals surface area (Å²) in [7, 11) is 0. The zero-order valence-electron chi connectivity index (χ0n) is 10.8. The molecule has 0 spiro atoms. The van der Waals surface area contributed by atoms with Gasteiger partial charge in [-0.3, -0.25) is 4.79 Å². The third-order valence-electron chi connectivity index (χ3n) is 3.35. The van der Waals surface area contributed by atoms with Crippen molar-refractivity contribution in [3.05, 3.63) is 47.2 Å². The first kappa shape index (κ1) is 13.1. The minimum absolute atomic E-state index is 0.0860. The zero-order valence-corrected chi connectivity index (χ0v) is 11.6. The second-order valence-electron chi connectivity index (χ2n) is 4.88. The van der Waals surface area contributed by atoms with Crippen LogP contribution in [0, 0.1) is 5.92 Å². The number of rotatable bonds is 4. The highest BCUT2D eigenvalue weighted by molar-refractivity contribution is 6.30. The van der Waals surface area contributed by atoms with E-state index >= 15 is 0 Å². The molecule has 1 aliphatic heterocycles. The van der Waals surface area contributed by atoms with E-state index in [1.165, 1.54) is 0 Å². The summed E-state index contributed by atoms with van der Waals surface area (Å²) in [6, 6.07) is 7.30. The van der Waals surface area contributed by atoms with E-state index < -0.39 is 0 Å². The number of carbonyl (C=O) groups excluding carboxylic acids is 1. The molecule has 2 N–H and O–H groups in total. The summed E-state index contributed by atoms with van der Waals surface area (Å²) in [5.74, 6) is 0.461. The van der Waals surface area contributed by atoms with Crippen LogP contribution in [0.5, 0.6) is 0 Å². The van der Waals surface area contributed by atoms with Gasteiger partial charge in [0.15, 0.2) is 0 Å². The molecule has 3 rings (SSSR count). The Bertz CT molecular complexity index is 604. The Kier molecular flexibility index (Phi) is 3.71. The minimum atomic E-state index is -0.0860. The molecule has 1 saturated heterocycles. The molecule has 2 heterocycles. The predicted molar refractivity (Wildman–Crippen MR) is 77.3 cm³/mol. The molecular formula is C14H15ClN4O. The van der Waals surface area contributed by atoms with Gasteiger partial charge in [0.1, 0.15) is 0 Å². The van der Waals surface area contributed by atoms with Gasteiger partial charge in [-0.2, -0.15) is 5.10 Å². The molecule has 0 bridgehead atoms. The maximum atomic E-state index is 12.0. The summed E-state index contributed by atoms with van der Waals surface area (Å²) in [6.07, 6.45) is 3.29. The number of carbonyl (C=O) groups is 1. The zero-order chi connectivity index (χ0) is 13.9. The third-order valence-corrected chi connectivity index (χ3v) is 3.61. The number of hydrogen-bond acceptors (Lipinski definition) is 3. The molecule has 0 unspecified atom stereocenters. The van der Waals surface area contributed by atoms with Gasteiger partial charge in [-0.05, 0) is 24.3 Å². The van der Waals surface area contributed by atoms with Crippen molar-refractivity contribution in [2.75, 3.05) is 19.6 Å². The van der Waals surface area contributed by atoms with Crippen molar-refractivity contribution in [1.29, 1.82) is 0 Å². The molecule has 104 valence electrons. The highest BCUT2D eigenvalue weighted by Crippen LogP contribution is 2.13. The molecule has 1 amide bonds. The van der Waals surface area contributed by atoms with Crippen molar-refractivity contribution >= 4 is 17.5 Å². The summed E-state index contributed by atoms with van der Waals surface area (Å²) in [5.41, 5.74) is 1.43. The first-order valence-corrected chi connectivity index (χ1v) is 6.90. The van der Waals surface area contributed by atoms with Gasteiger partial charge in [0, 0.05) is 36.8 Å². The Labute approximate surface area is 121 Å². The Hall–Kier alpha value is -1.85. The molecule has 0 aliphatic carbocycles. The van der Waals surface area contributed by atoms with E-state index in [0.717, 1.165) is 18.8 Å². The largest absolute Gasteiger partial charge is 0.352 e. The average Bonchev–Trinajstić information content (AvgIpc) is 2.87. The Morgan fingerprint density at radius 1 is 1.40 bits per heavy atom. The first-order chi connectivity index (χ1) is 9.72. The minimum Gasteiger partial charge on any atom is -0.352 e. The lowest BCUT2D eigenvalue weighted by Crippen LogP contribution is -2.48. The SMILES string of the molecule is O=C(NCC1CNC1)c1cnn(-c2ccc(Cl)cc2)c1. The predicted octanol–water partition coefficient (Wildman–Crippen LogP) is 1.47. The summed E-state index contributed by atoms with van der Waals surface area (Å²) in [6.45, 7) is 2.66. The van der Waals surface area contributed by atoms with Crippen LogP contribution in [0.4, 0.5) is 0 Å². The molecule has 1 aliphatic rings. The van der Waals surface area contributed by atoms with Gasteiger partial charge >= 0.3 is 0 Å². The number of aromatic nitrogens is 2. The van der Waals surface area contributed by atoms with Crippen molar-refractivity contribution in [1.82, 2.24) is 20.4 Å². The van der Waals surface area contributed by atoms with E-state index in [2.05, 4.69) is 15.7 Å². The molecule has 0 saturated carbocycles. The number of nitrogens with one attached hydrogen (secondary N) is 2. The van der Waals surface area contributed by atoms with E-state index in [9.17, 15) is 4.79 Å². The monoisotopic (exact) mass is 290 g/mol. The van der Waals surface area contributed by atoms with Gasteiger partial charge in [-0.15, -0.1) is 0 Å². The van der Waals surface area contributed by atoms with Crippen molar-refractivity contribution in [3.63, 3.8) is 0 Å². The van der Waals surface area contributed by atoms with E-state index in [-0.39, 0.29) is 5.91 Å². The number of amides is 1. The summed E-state index contributed by atoms with van der Waals surface area (Å²) in [4.78, 5) is 12.0. The molecule has 6 heteroatoms. The van der Waals surface area contributed by atoms with Gasteiger partial charge < -0.3 is 10.6 Å². The Balaban J connectivity index is 1.66. The lowest BCUT2D eigenvalue weighted by molar-refractivity contribution is 0.0942. The van der Waals surface area contributed by atoms with Crippen LogP contribution in [0.1, 0.15) is 10.4 Å². The maximum absolute atomic E-state index is 12.0. The normalized spacial score (nSPS) is 14.8. The van der Waals surface area contributed by atoms with Crippen LogP contribution >= 0.6 is 11.6 Å². The summed E-state index contributed by atoms with van der Waals surface area (Å²) in [5, 5.41) is 11.0. The number of benzene rings is 1. The van der Waals surface area contributed by atoms with Crippen molar-refractivity contribution < 1.29 is 4.79 Å². The Morgan fingerprint density at radius 3 is 2.80 bits per heavy atom. The van der Waals surface area contributed by atoms with Crippen LogP contribution in [0.2, 0.25) is 5.02 Å². The molecule has 2 aromatic rings. The topological polar surface area (TPSA) is 59.0 Å². The van der Waals surface area contributed by atoms with E-state index in [4.69, 9.17) is 11.6 Å². The summed E-state index contributed by atoms with van der Waals surface area (Å²) < 4.78 is 1.66. The lowest BCUT2D eigenvalue weighted by Gasteiger charge is -2.26. The molecule has 1 aromatic carbocycles. The van der Waals surface area contributed by atoms with Gasteiger partial charge in [-0.25, -0.2) is 4.68 Å². The highest BCUT2D eigenvalue weighted by Gasteiger charge is 2.18. The fourth-order valence-corrected chi connectivity index (χ4v) is 2.13. The lowest BCUT2D eigenvalue weighted by atomic mass is 10.0. The number of halogens is 1. The van der Waals surface area contributed by atoms with Crippen LogP contribution in [0.25, 0.3) is 5.69 Å². The molecular weight excluding hydrogens is 276 g/mol. The second kappa shape index (κ2) is 5.64. The molecule has 0 radical (unpaired) electrons. The van der Waals surface area contributed by atoms with Gasteiger partial charge in [-0.1, -0.05) is 11.6 Å². The van der Waals surface area contributed by atoms with E-state index in [1.807, 2.05) is 12.1 Å². The smallest absolute Gasteiger partial charge is 0.254 e. The van der Waals surface area contributed by atoms with Crippen LogP contribution < -0.4 is 10.6 Å². The molecule has 1 fully saturated rings. The molecule has 5 nitrogen and oxygen atoms in total. The average molecular weight is 291 g/mol. The Morgan fingerprint density at radius 2 is 2.15 bits per heavy atom. The van der Waals surface area contributed by atoms with Crippen LogP contribution in [-0.2, 0) is 0 Å². The fraction of sp³-hybridized carbons (Fsp3) is 0.286. The quantitative estimate of drug-likeness (QED) is 0.897. The van der Waals surface area contributed by atoms with Gasteiger partial charge in [0.2, 0.25) is 0 Å². The van der Waals surface area contributed by atoms with Gasteiger partial charge in [0.05, 0.1) is 17.4 Å². The highest BCUT2D eigenvalue weighted by atomic mass is 35.5.